The number of nitrogens with one attached hydrogen (secondary N) is 5. The van der Waals surface area contributed by atoms with Crippen molar-refractivity contribution < 1.29 is 57.3 Å². The van der Waals surface area contributed by atoms with E-state index >= 15 is 0 Å². The Kier molecular flexibility index (Phi) is 17.1. The van der Waals surface area contributed by atoms with Crippen LogP contribution in [0.3, 0.4) is 0 Å². The summed E-state index contributed by atoms with van der Waals surface area (Å²) in [6.07, 6.45) is 2.65. The number of hydrogen-bond acceptors (Lipinski definition) is 12. The van der Waals surface area contributed by atoms with E-state index in [2.05, 4.69) is 31.3 Å². The number of esters is 1. The van der Waals surface area contributed by atoms with Crippen molar-refractivity contribution in [3.05, 3.63) is 12.2 Å². The van der Waals surface area contributed by atoms with Gasteiger partial charge >= 0.3 is 12.1 Å². The minimum absolute atomic E-state index is 0.0520. The van der Waals surface area contributed by atoms with Crippen LogP contribution in [0.4, 0.5) is 4.79 Å². The summed E-state index contributed by atoms with van der Waals surface area (Å²) in [5, 5.41) is 12.9. The number of nitrogens with zero attached hydrogens (tertiary/aromatic N) is 2. The Morgan fingerprint density at radius 2 is 1.39 bits per heavy atom. The molecule has 2 saturated heterocycles. The quantitative estimate of drug-likeness (QED) is 0.154. The molecular formula is C37H59N7O12. The molecule has 3 rings (SSSR count). The third-order valence-electron chi connectivity index (χ3n) is 9.30. The van der Waals surface area contributed by atoms with Gasteiger partial charge in [-0.2, -0.15) is 0 Å². The molecule has 1 unspecified atom stereocenters. The molecule has 0 bridgehead atoms. The number of likely N-dealkylation sites (tertiary alicyclic amines) is 2. The van der Waals surface area contributed by atoms with Crippen LogP contribution in [0.2, 0.25) is 0 Å². The summed E-state index contributed by atoms with van der Waals surface area (Å²) in [7, 11) is 1.16. The van der Waals surface area contributed by atoms with Gasteiger partial charge < -0.3 is 50.4 Å². The molecule has 2 fully saturated rings. The van der Waals surface area contributed by atoms with E-state index < -0.39 is 108 Å². The second-order valence-electron chi connectivity index (χ2n) is 15.6. The van der Waals surface area contributed by atoms with Crippen molar-refractivity contribution in [3.8, 4) is 0 Å². The summed E-state index contributed by atoms with van der Waals surface area (Å²) in [4.78, 5) is 109. The van der Waals surface area contributed by atoms with Gasteiger partial charge in [0.25, 0.3) is 5.91 Å². The lowest BCUT2D eigenvalue weighted by Gasteiger charge is -2.32. The number of methoxy groups -OCH3 is 1. The molecule has 314 valence electrons. The van der Waals surface area contributed by atoms with Gasteiger partial charge in [-0.3, -0.25) is 38.5 Å². The predicted molar refractivity (Wildman–Crippen MR) is 199 cm³/mol. The van der Waals surface area contributed by atoms with Crippen LogP contribution in [0.1, 0.15) is 74.1 Å². The second kappa shape index (κ2) is 20.9. The van der Waals surface area contributed by atoms with Crippen LogP contribution in [0.15, 0.2) is 12.2 Å². The molecule has 0 radical (unpaired) electrons. The fourth-order valence-corrected chi connectivity index (χ4v) is 6.35. The van der Waals surface area contributed by atoms with Crippen molar-refractivity contribution in [3.63, 3.8) is 0 Å². The van der Waals surface area contributed by atoms with Gasteiger partial charge in [-0.05, 0) is 58.3 Å². The van der Waals surface area contributed by atoms with Crippen LogP contribution in [0.25, 0.3) is 0 Å². The molecule has 3 aliphatic rings. The Bertz CT molecular complexity index is 1480. The highest BCUT2D eigenvalue weighted by atomic mass is 16.6. The first-order valence-electron chi connectivity index (χ1n) is 19.0. The summed E-state index contributed by atoms with van der Waals surface area (Å²) in [6, 6.07) is -5.36. The van der Waals surface area contributed by atoms with Gasteiger partial charge in [-0.25, -0.2) is 4.79 Å². The molecule has 19 heteroatoms. The van der Waals surface area contributed by atoms with E-state index in [9.17, 15) is 38.4 Å². The number of carbonyl (C=O) groups excluding carboxylic acids is 8. The normalized spacial score (nSPS) is 26.4. The third kappa shape index (κ3) is 13.2. The SMILES string of the molecule is COC(=O)CNC(=O)[C@@H]1COC/C=C/COC(NC(=O)[C@@H]2CCCN2C(=O)[C@@H]2CCCN2C(=O)OC(C)(C)C)C(=O)N[C@@H](C(C)C)C(=O)N[C@@H](C(C)C)C(=O)N1. The maximum Gasteiger partial charge on any atom is 0.410 e. The molecule has 3 aliphatic heterocycles. The van der Waals surface area contributed by atoms with Crippen molar-refractivity contribution in [2.75, 3.05) is 46.6 Å². The molecule has 0 aromatic carbocycles. The van der Waals surface area contributed by atoms with Gasteiger partial charge in [-0.1, -0.05) is 39.8 Å². The summed E-state index contributed by atoms with van der Waals surface area (Å²) in [5.41, 5.74) is -0.759. The average Bonchev–Trinajstić information content (AvgIpc) is 3.82. The van der Waals surface area contributed by atoms with E-state index in [-0.39, 0.29) is 26.4 Å². The van der Waals surface area contributed by atoms with E-state index in [1.807, 2.05) is 0 Å². The zero-order chi connectivity index (χ0) is 41.7. The average molecular weight is 794 g/mol. The first-order valence-corrected chi connectivity index (χ1v) is 19.0. The van der Waals surface area contributed by atoms with Crippen LogP contribution in [-0.4, -0.2) is 146 Å². The molecule has 56 heavy (non-hydrogen) atoms. The first kappa shape index (κ1) is 45.6. The fraction of sp³-hybridized carbons (Fsp3) is 0.730. The maximum absolute atomic E-state index is 13.8. The Balaban J connectivity index is 1.82. The van der Waals surface area contributed by atoms with Crippen molar-refractivity contribution in [2.45, 2.75) is 116 Å². The zero-order valence-electron chi connectivity index (χ0n) is 33.6. The topological polar surface area (TPSA) is 240 Å². The molecule has 5 N–H and O–H groups in total. The monoisotopic (exact) mass is 793 g/mol. The van der Waals surface area contributed by atoms with Gasteiger partial charge in [0, 0.05) is 13.1 Å². The standard InChI is InChI=1S/C37H59N7O12/c1-21(2)27-31(48)39-23(29(46)38-19-26(45)53-8)20-54-17-9-10-18-55-34(33(50)41-28(22(3)4)32(49)40-27)42-30(47)24-13-11-15-43(24)35(51)25-14-12-16-44(25)36(52)56-37(5,6)7/h9-10,21-25,27-28,34H,11-20H2,1-8H3,(H,38,46)(H,39,48)(H,40,49)(H,41,50)(H,42,47)/b10-9+/t23-,24-,25-,27-,28-,34?/m0/s1. The number of rotatable bonds is 8. The van der Waals surface area contributed by atoms with Crippen LogP contribution >= 0.6 is 0 Å². The van der Waals surface area contributed by atoms with Gasteiger partial charge in [0.1, 0.15) is 42.4 Å². The molecule has 7 amide bonds. The third-order valence-corrected chi connectivity index (χ3v) is 9.30. The molecule has 0 aromatic rings. The van der Waals surface area contributed by atoms with Crippen LogP contribution in [-0.2, 0) is 52.5 Å². The predicted octanol–water partition coefficient (Wildman–Crippen LogP) is -0.522. The number of ether oxygens (including phenoxy) is 4. The van der Waals surface area contributed by atoms with Gasteiger partial charge in [0.2, 0.25) is 35.8 Å². The molecule has 0 saturated carbocycles. The maximum atomic E-state index is 13.8. The summed E-state index contributed by atoms with van der Waals surface area (Å²) in [6.45, 7) is 11.5. The zero-order valence-corrected chi connectivity index (χ0v) is 33.6. The van der Waals surface area contributed by atoms with E-state index in [1.54, 1.807) is 48.5 Å². The molecule has 6 atom stereocenters. The second-order valence-corrected chi connectivity index (χ2v) is 15.6. The largest absolute Gasteiger partial charge is 0.468 e. The summed E-state index contributed by atoms with van der Waals surface area (Å²) < 4.78 is 21.5. The highest BCUT2D eigenvalue weighted by Crippen LogP contribution is 2.26. The van der Waals surface area contributed by atoms with Crippen molar-refractivity contribution >= 4 is 47.5 Å². The van der Waals surface area contributed by atoms with E-state index in [0.717, 1.165) is 7.11 Å². The number of hydrogen-bond donors (Lipinski definition) is 5. The van der Waals surface area contributed by atoms with E-state index in [1.165, 1.54) is 22.0 Å². The minimum atomic E-state index is -1.60. The van der Waals surface area contributed by atoms with Crippen LogP contribution in [0, 0.1) is 11.8 Å². The highest BCUT2D eigenvalue weighted by molar-refractivity contribution is 5.97. The molecule has 19 nitrogen and oxygen atoms in total. The Morgan fingerprint density at radius 3 is 2.00 bits per heavy atom. The lowest BCUT2D eigenvalue weighted by atomic mass is 9.99. The van der Waals surface area contributed by atoms with E-state index in [0.29, 0.717) is 32.2 Å². The van der Waals surface area contributed by atoms with Gasteiger partial charge in [0.15, 0.2) is 0 Å². The van der Waals surface area contributed by atoms with Crippen molar-refractivity contribution in [1.29, 1.82) is 0 Å². The van der Waals surface area contributed by atoms with E-state index in [4.69, 9.17) is 14.2 Å². The Hall–Kier alpha value is -4.78. The van der Waals surface area contributed by atoms with Crippen LogP contribution in [0.5, 0.6) is 0 Å². The molecule has 0 aliphatic carbocycles. The minimum Gasteiger partial charge on any atom is -0.468 e. The first-order chi connectivity index (χ1) is 26.3. The lowest BCUT2D eigenvalue weighted by molar-refractivity contribution is -0.147. The fourth-order valence-electron chi connectivity index (χ4n) is 6.35. The Labute approximate surface area is 327 Å². The lowest BCUT2D eigenvalue weighted by Crippen LogP contribution is -2.61. The van der Waals surface area contributed by atoms with Gasteiger partial charge in [0.05, 0.1) is 26.9 Å². The van der Waals surface area contributed by atoms with Gasteiger partial charge in [-0.15, -0.1) is 0 Å². The number of carbonyl (C=O) groups is 8. The molecular weight excluding hydrogens is 734 g/mol. The smallest absolute Gasteiger partial charge is 0.410 e. The molecule has 0 aromatic heterocycles. The molecule has 0 spiro atoms. The number of amides is 7. The summed E-state index contributed by atoms with van der Waals surface area (Å²) >= 11 is 0. The van der Waals surface area contributed by atoms with Crippen LogP contribution < -0.4 is 26.6 Å². The summed E-state index contributed by atoms with van der Waals surface area (Å²) in [5.74, 6) is -5.71. The molecule has 3 heterocycles. The Morgan fingerprint density at radius 1 is 0.821 bits per heavy atom. The highest BCUT2D eigenvalue weighted by Gasteiger charge is 2.44. The van der Waals surface area contributed by atoms with Crippen molar-refractivity contribution in [1.82, 2.24) is 36.4 Å². The van der Waals surface area contributed by atoms with Crippen molar-refractivity contribution in [2.24, 2.45) is 11.8 Å².